The highest BCUT2D eigenvalue weighted by atomic mass is 16.3. The zero-order valence-electron chi connectivity index (χ0n) is 11.3. The van der Waals surface area contributed by atoms with Crippen LogP contribution >= 0.6 is 0 Å². The lowest BCUT2D eigenvalue weighted by atomic mass is 10.0. The molecule has 0 aromatic heterocycles. The van der Waals surface area contributed by atoms with Crippen molar-refractivity contribution in [1.82, 2.24) is 5.32 Å². The van der Waals surface area contributed by atoms with Crippen molar-refractivity contribution in [3.8, 4) is 5.75 Å². The number of carbonyl (C=O) groups excluding carboxylic acids is 1. The molecule has 104 valence electrons. The third-order valence-electron chi connectivity index (χ3n) is 3.92. The van der Waals surface area contributed by atoms with Crippen molar-refractivity contribution in [2.24, 2.45) is 11.7 Å². The molecule has 0 heterocycles. The summed E-state index contributed by atoms with van der Waals surface area (Å²) in [5.74, 6) is 0.693. The molecule has 3 unspecified atom stereocenters. The Kier molecular flexibility index (Phi) is 4.43. The van der Waals surface area contributed by atoms with Gasteiger partial charge < -0.3 is 16.2 Å². The van der Waals surface area contributed by atoms with Gasteiger partial charge in [-0.15, -0.1) is 0 Å². The van der Waals surface area contributed by atoms with Gasteiger partial charge in [0.2, 0.25) is 5.91 Å². The van der Waals surface area contributed by atoms with Crippen LogP contribution in [0.15, 0.2) is 24.3 Å². The summed E-state index contributed by atoms with van der Waals surface area (Å²) < 4.78 is 0. The molecule has 4 heteroatoms. The average molecular weight is 262 g/mol. The van der Waals surface area contributed by atoms with Gasteiger partial charge in [0.15, 0.2) is 0 Å². The van der Waals surface area contributed by atoms with Gasteiger partial charge >= 0.3 is 0 Å². The Labute approximate surface area is 114 Å². The number of nitrogens with two attached hydrogens (primary N) is 1. The van der Waals surface area contributed by atoms with Crippen LogP contribution in [0.5, 0.6) is 5.75 Å². The van der Waals surface area contributed by atoms with Crippen LogP contribution in [0.4, 0.5) is 0 Å². The van der Waals surface area contributed by atoms with Gasteiger partial charge in [-0.3, -0.25) is 4.79 Å². The highest BCUT2D eigenvalue weighted by molar-refractivity contribution is 5.82. The van der Waals surface area contributed by atoms with Crippen LogP contribution in [-0.4, -0.2) is 23.1 Å². The molecular weight excluding hydrogens is 240 g/mol. The molecule has 0 saturated heterocycles. The van der Waals surface area contributed by atoms with Gasteiger partial charge in [-0.2, -0.15) is 0 Å². The molecule has 1 aromatic rings. The van der Waals surface area contributed by atoms with Crippen LogP contribution in [0.2, 0.25) is 0 Å². The number of phenols is 1. The summed E-state index contributed by atoms with van der Waals surface area (Å²) in [6.45, 7) is 2.17. The largest absolute Gasteiger partial charge is 0.508 e. The molecule has 0 spiro atoms. The minimum absolute atomic E-state index is 0.0770. The maximum atomic E-state index is 12.0. The molecule has 2 rings (SSSR count). The van der Waals surface area contributed by atoms with Crippen molar-refractivity contribution in [2.75, 3.05) is 0 Å². The van der Waals surface area contributed by atoms with Crippen LogP contribution in [-0.2, 0) is 11.2 Å². The molecule has 1 fully saturated rings. The van der Waals surface area contributed by atoms with Crippen LogP contribution in [0.3, 0.4) is 0 Å². The number of nitrogens with one attached hydrogen (secondary N) is 1. The smallest absolute Gasteiger partial charge is 0.237 e. The monoisotopic (exact) mass is 262 g/mol. The Balaban J connectivity index is 1.86. The van der Waals surface area contributed by atoms with Crippen molar-refractivity contribution in [3.05, 3.63) is 29.8 Å². The van der Waals surface area contributed by atoms with E-state index >= 15 is 0 Å². The Morgan fingerprint density at radius 2 is 2.11 bits per heavy atom. The first kappa shape index (κ1) is 13.9. The van der Waals surface area contributed by atoms with E-state index in [1.54, 1.807) is 24.3 Å². The second-order valence-electron chi connectivity index (χ2n) is 5.50. The Morgan fingerprint density at radius 3 is 2.68 bits per heavy atom. The Bertz CT molecular complexity index is 430. The van der Waals surface area contributed by atoms with E-state index in [-0.39, 0.29) is 17.7 Å². The molecule has 19 heavy (non-hydrogen) atoms. The summed E-state index contributed by atoms with van der Waals surface area (Å²) in [5.41, 5.74) is 6.89. The number of hydrogen-bond acceptors (Lipinski definition) is 3. The number of amides is 1. The van der Waals surface area contributed by atoms with E-state index in [1.165, 1.54) is 12.8 Å². The predicted octanol–water partition coefficient (Wildman–Crippen LogP) is 1.57. The van der Waals surface area contributed by atoms with Gasteiger partial charge in [0, 0.05) is 6.04 Å². The molecule has 1 amide bonds. The highest BCUT2D eigenvalue weighted by Crippen LogP contribution is 2.24. The van der Waals surface area contributed by atoms with Crippen molar-refractivity contribution < 1.29 is 9.90 Å². The van der Waals surface area contributed by atoms with E-state index in [0.29, 0.717) is 12.3 Å². The molecular formula is C15H22N2O2. The van der Waals surface area contributed by atoms with E-state index in [9.17, 15) is 9.90 Å². The molecule has 0 bridgehead atoms. The van der Waals surface area contributed by atoms with Crippen LogP contribution in [0.1, 0.15) is 31.7 Å². The predicted molar refractivity (Wildman–Crippen MR) is 74.7 cm³/mol. The van der Waals surface area contributed by atoms with Crippen molar-refractivity contribution in [1.29, 1.82) is 0 Å². The summed E-state index contributed by atoms with van der Waals surface area (Å²) in [4.78, 5) is 12.0. The molecule has 0 aliphatic heterocycles. The summed E-state index contributed by atoms with van der Waals surface area (Å²) in [5, 5.41) is 12.3. The normalized spacial score (nSPS) is 24.1. The lowest BCUT2D eigenvalue weighted by Crippen LogP contribution is -2.47. The van der Waals surface area contributed by atoms with E-state index in [1.807, 2.05) is 0 Å². The quantitative estimate of drug-likeness (QED) is 0.771. The fourth-order valence-electron chi connectivity index (χ4n) is 2.63. The molecule has 4 N–H and O–H groups in total. The lowest BCUT2D eigenvalue weighted by molar-refractivity contribution is -0.123. The first-order valence-electron chi connectivity index (χ1n) is 6.90. The molecule has 1 aliphatic rings. The number of aromatic hydroxyl groups is 1. The summed E-state index contributed by atoms with van der Waals surface area (Å²) in [6.07, 6.45) is 3.91. The molecule has 1 aliphatic carbocycles. The van der Waals surface area contributed by atoms with Gasteiger partial charge in [0.1, 0.15) is 5.75 Å². The highest BCUT2D eigenvalue weighted by Gasteiger charge is 2.26. The number of phenolic OH excluding ortho intramolecular Hbond substituents is 1. The minimum Gasteiger partial charge on any atom is -0.508 e. The lowest BCUT2D eigenvalue weighted by Gasteiger charge is -2.20. The summed E-state index contributed by atoms with van der Waals surface area (Å²) >= 11 is 0. The molecule has 0 radical (unpaired) electrons. The molecule has 4 nitrogen and oxygen atoms in total. The number of hydrogen-bond donors (Lipinski definition) is 3. The summed E-state index contributed by atoms with van der Waals surface area (Å²) in [6, 6.07) is 6.55. The Morgan fingerprint density at radius 1 is 1.42 bits per heavy atom. The molecule has 1 saturated carbocycles. The second-order valence-corrected chi connectivity index (χ2v) is 5.50. The van der Waals surface area contributed by atoms with E-state index in [4.69, 9.17) is 5.73 Å². The minimum atomic E-state index is -0.530. The zero-order valence-corrected chi connectivity index (χ0v) is 11.3. The number of benzene rings is 1. The van der Waals surface area contributed by atoms with E-state index in [0.717, 1.165) is 12.0 Å². The van der Waals surface area contributed by atoms with Crippen LogP contribution in [0.25, 0.3) is 0 Å². The van der Waals surface area contributed by atoms with Gasteiger partial charge in [-0.25, -0.2) is 0 Å². The average Bonchev–Trinajstić information content (AvgIpc) is 2.78. The molecule has 3 atom stereocenters. The van der Waals surface area contributed by atoms with Crippen LogP contribution in [0, 0.1) is 5.92 Å². The number of rotatable bonds is 4. The van der Waals surface area contributed by atoms with Crippen LogP contribution < -0.4 is 11.1 Å². The first-order valence-corrected chi connectivity index (χ1v) is 6.90. The second kappa shape index (κ2) is 6.06. The van der Waals surface area contributed by atoms with Gasteiger partial charge in [-0.1, -0.05) is 25.5 Å². The van der Waals surface area contributed by atoms with Gasteiger partial charge in [0.25, 0.3) is 0 Å². The SMILES string of the molecule is CC1CCCC1NC(=O)C(N)Cc1ccc(O)cc1. The fraction of sp³-hybridized carbons (Fsp3) is 0.533. The topological polar surface area (TPSA) is 75.4 Å². The summed E-state index contributed by atoms with van der Waals surface area (Å²) in [7, 11) is 0. The molecule has 1 aromatic carbocycles. The van der Waals surface area contributed by atoms with Gasteiger partial charge in [0.05, 0.1) is 6.04 Å². The van der Waals surface area contributed by atoms with E-state index < -0.39 is 6.04 Å². The van der Waals surface area contributed by atoms with Crippen molar-refractivity contribution >= 4 is 5.91 Å². The van der Waals surface area contributed by atoms with Crippen molar-refractivity contribution in [3.63, 3.8) is 0 Å². The Hall–Kier alpha value is -1.55. The first-order chi connectivity index (χ1) is 9.06. The van der Waals surface area contributed by atoms with Gasteiger partial charge in [-0.05, 0) is 42.9 Å². The maximum absolute atomic E-state index is 12.0. The third kappa shape index (κ3) is 3.70. The number of carbonyl (C=O) groups is 1. The van der Waals surface area contributed by atoms with Crippen molar-refractivity contribution in [2.45, 2.75) is 44.7 Å². The fourth-order valence-corrected chi connectivity index (χ4v) is 2.63. The zero-order chi connectivity index (χ0) is 13.8. The third-order valence-corrected chi connectivity index (χ3v) is 3.92. The maximum Gasteiger partial charge on any atom is 0.237 e. The standard InChI is InChI=1S/C15H22N2O2/c1-10-3-2-4-14(10)17-15(19)13(16)9-11-5-7-12(18)8-6-11/h5-8,10,13-14,18H,2-4,9,16H2,1H3,(H,17,19). The van der Waals surface area contributed by atoms with E-state index in [2.05, 4.69) is 12.2 Å².